The van der Waals surface area contributed by atoms with E-state index in [1.54, 1.807) is 12.1 Å². The first-order chi connectivity index (χ1) is 13.9. The van der Waals surface area contributed by atoms with E-state index in [1.807, 2.05) is 29.6 Å². The quantitative estimate of drug-likeness (QED) is 0.792. The average molecular weight is 399 g/mol. The molecule has 0 spiro atoms. The number of hydrogen-bond acceptors (Lipinski definition) is 4. The molecule has 1 aromatic carbocycles. The topological polar surface area (TPSA) is 54.8 Å². The number of ether oxygens (including phenoxy) is 1. The molecule has 2 bridgehead atoms. The van der Waals surface area contributed by atoms with Gasteiger partial charge < -0.3 is 19.1 Å². The minimum atomic E-state index is -0.437. The van der Waals surface area contributed by atoms with Crippen LogP contribution in [-0.2, 0) is 0 Å². The van der Waals surface area contributed by atoms with Crippen LogP contribution in [0.15, 0.2) is 41.2 Å². The first kappa shape index (κ1) is 19.6. The maximum Gasteiger partial charge on any atom is 0.257 e. The fourth-order valence-corrected chi connectivity index (χ4v) is 4.83. The first-order valence-electron chi connectivity index (χ1n) is 9.88. The molecule has 0 aliphatic carbocycles. The molecule has 1 aromatic heterocycles. The number of carbonyl (C=O) groups excluding carboxylic acids is 1. The summed E-state index contributed by atoms with van der Waals surface area (Å²) in [6.45, 7) is 1.83. The summed E-state index contributed by atoms with van der Waals surface area (Å²) in [6, 6.07) is 9.42. The number of nitrogens with zero attached hydrogens (tertiary/aromatic N) is 3. The van der Waals surface area contributed by atoms with Gasteiger partial charge in [-0.15, -0.1) is 0 Å². The Hall–Kier alpha value is -2.67. The van der Waals surface area contributed by atoms with Crippen LogP contribution in [0.5, 0.6) is 5.75 Å². The van der Waals surface area contributed by atoms with Crippen LogP contribution in [0, 0.1) is 11.7 Å². The molecule has 6 nitrogen and oxygen atoms in total. The van der Waals surface area contributed by atoms with E-state index >= 15 is 0 Å². The first-order valence-corrected chi connectivity index (χ1v) is 9.88. The normalized spacial score (nSPS) is 23.1. The van der Waals surface area contributed by atoms with Crippen molar-refractivity contribution in [3.8, 4) is 5.75 Å². The zero-order chi connectivity index (χ0) is 20.7. The van der Waals surface area contributed by atoms with Gasteiger partial charge in [-0.2, -0.15) is 0 Å². The Morgan fingerprint density at radius 1 is 1.24 bits per heavy atom. The number of methoxy groups -OCH3 is 1. The molecule has 4 rings (SSSR count). The van der Waals surface area contributed by atoms with Gasteiger partial charge in [-0.3, -0.25) is 9.59 Å². The summed E-state index contributed by atoms with van der Waals surface area (Å²) in [7, 11) is 5.43. The van der Waals surface area contributed by atoms with Gasteiger partial charge in [-0.1, -0.05) is 6.07 Å². The van der Waals surface area contributed by atoms with E-state index < -0.39 is 5.82 Å². The number of carbonyl (C=O) groups is 1. The second-order valence-electron chi connectivity index (χ2n) is 8.24. The zero-order valence-corrected chi connectivity index (χ0v) is 17.0. The Kier molecular flexibility index (Phi) is 5.17. The van der Waals surface area contributed by atoms with Gasteiger partial charge in [-0.25, -0.2) is 4.39 Å². The Bertz CT molecular complexity index is 988. The van der Waals surface area contributed by atoms with Gasteiger partial charge in [0.15, 0.2) is 0 Å². The van der Waals surface area contributed by atoms with Crippen molar-refractivity contribution >= 4 is 5.91 Å². The number of rotatable bonds is 4. The van der Waals surface area contributed by atoms with E-state index in [0.717, 1.165) is 18.7 Å². The smallest absolute Gasteiger partial charge is 0.257 e. The molecular weight excluding hydrogens is 373 g/mol. The third-order valence-corrected chi connectivity index (χ3v) is 6.03. The lowest BCUT2D eigenvalue weighted by Gasteiger charge is -2.47. The maximum atomic E-state index is 13.6. The lowest BCUT2D eigenvalue weighted by molar-refractivity contribution is 0.0495. The van der Waals surface area contributed by atoms with Crippen molar-refractivity contribution in [1.82, 2.24) is 14.4 Å². The van der Waals surface area contributed by atoms with Gasteiger partial charge in [0.05, 0.1) is 18.7 Å². The van der Waals surface area contributed by atoms with E-state index in [9.17, 15) is 14.0 Å². The van der Waals surface area contributed by atoms with Crippen LogP contribution in [0.25, 0.3) is 0 Å². The van der Waals surface area contributed by atoms with E-state index in [0.29, 0.717) is 18.7 Å². The van der Waals surface area contributed by atoms with Crippen LogP contribution < -0.4 is 10.3 Å². The zero-order valence-electron chi connectivity index (χ0n) is 17.0. The molecule has 0 unspecified atom stereocenters. The van der Waals surface area contributed by atoms with E-state index in [1.165, 1.54) is 25.3 Å². The van der Waals surface area contributed by atoms with Crippen molar-refractivity contribution in [3.05, 3.63) is 63.8 Å². The molecule has 0 radical (unpaired) electrons. The predicted octanol–water partition coefficient (Wildman–Crippen LogP) is 2.36. The van der Waals surface area contributed by atoms with Gasteiger partial charge in [0, 0.05) is 43.4 Å². The molecule has 2 aromatic rings. The highest BCUT2D eigenvalue weighted by molar-refractivity contribution is 5.97. The minimum absolute atomic E-state index is 0.00987. The molecular formula is C22H26FN3O3. The number of likely N-dealkylation sites (tertiary alicyclic amines) is 1. The second kappa shape index (κ2) is 7.63. The third-order valence-electron chi connectivity index (χ3n) is 6.03. The largest absolute Gasteiger partial charge is 0.496 e. The van der Waals surface area contributed by atoms with Crippen LogP contribution in [0.4, 0.5) is 4.39 Å². The maximum absolute atomic E-state index is 13.6. The Labute approximate surface area is 169 Å². The van der Waals surface area contributed by atoms with Crippen molar-refractivity contribution in [2.24, 2.45) is 5.92 Å². The molecule has 1 amide bonds. The van der Waals surface area contributed by atoms with Crippen molar-refractivity contribution in [1.29, 1.82) is 0 Å². The van der Waals surface area contributed by atoms with E-state index in [2.05, 4.69) is 4.90 Å². The number of pyridine rings is 1. The lowest BCUT2D eigenvalue weighted by Crippen LogP contribution is -2.52. The molecule has 7 heteroatoms. The SMILES string of the molecule is COc1cc(F)ccc1C(=O)N1C[C@H]2C[C@@H](C1)[C@H](CN(C)C)n1c2cccc1=O. The Morgan fingerprint density at radius 3 is 2.76 bits per heavy atom. The summed E-state index contributed by atoms with van der Waals surface area (Å²) in [6.07, 6.45) is 0.951. The number of fused-ring (bicyclic) bond motifs is 4. The lowest BCUT2D eigenvalue weighted by atomic mass is 9.78. The third kappa shape index (κ3) is 3.55. The summed E-state index contributed by atoms with van der Waals surface area (Å²) < 4.78 is 20.7. The van der Waals surface area contributed by atoms with Crippen molar-refractivity contribution in [2.75, 3.05) is 40.8 Å². The molecule has 3 heterocycles. The highest BCUT2D eigenvalue weighted by Crippen LogP contribution is 2.41. The highest BCUT2D eigenvalue weighted by atomic mass is 19.1. The molecule has 29 heavy (non-hydrogen) atoms. The molecule has 154 valence electrons. The summed E-state index contributed by atoms with van der Waals surface area (Å²) in [5.41, 5.74) is 1.37. The van der Waals surface area contributed by atoms with E-state index in [4.69, 9.17) is 4.74 Å². The fraction of sp³-hybridized carbons (Fsp3) is 0.455. The van der Waals surface area contributed by atoms with Crippen molar-refractivity contribution in [3.63, 3.8) is 0 Å². The monoisotopic (exact) mass is 399 g/mol. The van der Waals surface area contributed by atoms with Crippen LogP contribution in [0.3, 0.4) is 0 Å². The molecule has 0 saturated carbocycles. The highest BCUT2D eigenvalue weighted by Gasteiger charge is 2.42. The van der Waals surface area contributed by atoms with Crippen LogP contribution in [-0.4, -0.2) is 61.1 Å². The van der Waals surface area contributed by atoms with Crippen LogP contribution >= 0.6 is 0 Å². The number of hydrogen-bond donors (Lipinski definition) is 0. The Balaban J connectivity index is 1.70. The number of benzene rings is 1. The summed E-state index contributed by atoms with van der Waals surface area (Å²) >= 11 is 0. The molecule has 2 aliphatic rings. The summed E-state index contributed by atoms with van der Waals surface area (Å²) in [5.74, 6) is -0.0667. The molecule has 0 N–H and O–H groups in total. The van der Waals surface area contributed by atoms with Gasteiger partial charge >= 0.3 is 0 Å². The number of piperidine rings is 1. The second-order valence-corrected chi connectivity index (χ2v) is 8.24. The molecule has 3 atom stereocenters. The van der Waals surface area contributed by atoms with Gasteiger partial charge in [0.2, 0.25) is 0 Å². The summed E-state index contributed by atoms with van der Waals surface area (Å²) in [4.78, 5) is 29.8. The fourth-order valence-electron chi connectivity index (χ4n) is 4.83. The minimum Gasteiger partial charge on any atom is -0.496 e. The van der Waals surface area contributed by atoms with Gasteiger partial charge in [0.25, 0.3) is 11.5 Å². The van der Waals surface area contributed by atoms with Crippen LogP contribution in [0.1, 0.15) is 34.4 Å². The number of likely N-dealkylation sites (N-methyl/N-ethyl adjacent to an activating group) is 1. The standard InChI is InChI=1S/C22H26FN3O3/c1-24(2)13-19-15-9-14(18-5-4-6-21(27)26(18)19)11-25(12-15)22(28)17-8-7-16(23)10-20(17)29-3/h4-8,10,14-15,19H,9,11-13H2,1-3H3/t14-,15+,19+/m1/s1. The summed E-state index contributed by atoms with van der Waals surface area (Å²) in [5, 5.41) is 0. The Morgan fingerprint density at radius 2 is 2.03 bits per heavy atom. The van der Waals surface area contributed by atoms with Crippen molar-refractivity contribution in [2.45, 2.75) is 18.4 Å². The average Bonchev–Trinajstić information content (AvgIpc) is 2.70. The number of amides is 1. The predicted molar refractivity (Wildman–Crippen MR) is 108 cm³/mol. The number of aromatic nitrogens is 1. The van der Waals surface area contributed by atoms with Gasteiger partial charge in [-0.05, 0) is 44.6 Å². The molecule has 1 fully saturated rings. The van der Waals surface area contributed by atoms with Crippen LogP contribution in [0.2, 0.25) is 0 Å². The molecule has 1 saturated heterocycles. The van der Waals surface area contributed by atoms with Gasteiger partial charge in [0.1, 0.15) is 11.6 Å². The number of halogens is 1. The molecule has 2 aliphatic heterocycles. The van der Waals surface area contributed by atoms with Crippen molar-refractivity contribution < 1.29 is 13.9 Å². The van der Waals surface area contributed by atoms with E-state index in [-0.39, 0.29) is 35.1 Å².